The van der Waals surface area contributed by atoms with E-state index in [4.69, 9.17) is 0 Å². The van der Waals surface area contributed by atoms with Crippen molar-refractivity contribution in [2.45, 2.75) is 13.3 Å². The van der Waals surface area contributed by atoms with E-state index < -0.39 is 0 Å². The topological polar surface area (TPSA) is 87.7 Å². The number of nitrogens with zero attached hydrogens (tertiary/aromatic N) is 3. The third-order valence-electron chi connectivity index (χ3n) is 3.17. The Balaban J connectivity index is 1.99. The molecule has 0 aliphatic carbocycles. The van der Waals surface area contributed by atoms with Gasteiger partial charge in [0.1, 0.15) is 11.2 Å². The Morgan fingerprint density at radius 3 is 2.86 bits per heavy atom. The average Bonchev–Trinajstić information content (AvgIpc) is 2.94. The molecule has 0 amide bonds. The summed E-state index contributed by atoms with van der Waals surface area (Å²) in [6.07, 6.45) is 3.65. The second-order valence-electron chi connectivity index (χ2n) is 4.67. The monoisotopic (exact) mass is 315 g/mol. The average molecular weight is 315 g/mol. The van der Waals surface area contributed by atoms with Crippen LogP contribution in [0.1, 0.15) is 17.4 Å². The molecule has 3 aromatic rings. The molecule has 0 aliphatic heterocycles. The quantitative estimate of drug-likeness (QED) is 0.573. The minimum Gasteiger partial charge on any atom is -0.504 e. The highest BCUT2D eigenvalue weighted by atomic mass is 32.1. The Kier molecular flexibility index (Phi) is 3.64. The number of phenolic OH excluding ortho intramolecular Hbond substituents is 2. The van der Waals surface area contributed by atoms with Crippen molar-refractivity contribution in [2.24, 2.45) is 5.10 Å². The van der Waals surface area contributed by atoms with Gasteiger partial charge in [0.15, 0.2) is 11.5 Å². The fraction of sp³-hybridized carbons (Fsp3) is 0.133. The van der Waals surface area contributed by atoms with Crippen LogP contribution in [0, 0.1) is 0 Å². The summed E-state index contributed by atoms with van der Waals surface area (Å²) in [6.45, 7) is 2.03. The van der Waals surface area contributed by atoms with Gasteiger partial charge in [0.2, 0.25) is 0 Å². The van der Waals surface area contributed by atoms with Crippen molar-refractivity contribution in [1.29, 1.82) is 0 Å². The molecule has 6 nitrogen and oxygen atoms in total. The van der Waals surface area contributed by atoms with Crippen molar-refractivity contribution >= 4 is 27.8 Å². The first-order valence-electron chi connectivity index (χ1n) is 6.65. The van der Waals surface area contributed by atoms with Crippen LogP contribution in [0.15, 0.2) is 40.5 Å². The predicted octanol–water partition coefficient (Wildman–Crippen LogP) is 2.31. The SMILES string of the molecule is CCc1cc2c(=O)n(/N=C/c3ccc(O)c(O)c3)cnc2s1. The van der Waals surface area contributed by atoms with Gasteiger partial charge >= 0.3 is 0 Å². The van der Waals surface area contributed by atoms with Gasteiger partial charge in [0.25, 0.3) is 5.56 Å². The zero-order valence-electron chi connectivity index (χ0n) is 11.7. The molecule has 3 rings (SSSR count). The lowest BCUT2D eigenvalue weighted by Crippen LogP contribution is -2.16. The zero-order valence-corrected chi connectivity index (χ0v) is 12.5. The molecular formula is C15H13N3O3S. The van der Waals surface area contributed by atoms with E-state index in [1.807, 2.05) is 13.0 Å². The van der Waals surface area contributed by atoms with Gasteiger partial charge in [0, 0.05) is 4.88 Å². The van der Waals surface area contributed by atoms with Crippen LogP contribution in [0.3, 0.4) is 0 Å². The highest BCUT2D eigenvalue weighted by Gasteiger charge is 2.07. The summed E-state index contributed by atoms with van der Waals surface area (Å²) in [7, 11) is 0. The molecule has 0 radical (unpaired) electrons. The molecular weight excluding hydrogens is 302 g/mol. The van der Waals surface area contributed by atoms with E-state index in [1.54, 1.807) is 6.07 Å². The highest BCUT2D eigenvalue weighted by Crippen LogP contribution is 2.24. The summed E-state index contributed by atoms with van der Waals surface area (Å²) in [5, 5.41) is 23.3. The molecule has 0 aliphatic rings. The van der Waals surface area contributed by atoms with E-state index in [2.05, 4.69) is 10.1 Å². The maximum absolute atomic E-state index is 12.3. The fourth-order valence-electron chi connectivity index (χ4n) is 1.97. The maximum Gasteiger partial charge on any atom is 0.282 e. The van der Waals surface area contributed by atoms with Crippen LogP contribution in [0.25, 0.3) is 10.2 Å². The van der Waals surface area contributed by atoms with Gasteiger partial charge < -0.3 is 10.2 Å². The summed E-state index contributed by atoms with van der Waals surface area (Å²) in [5.74, 6) is -0.446. The zero-order chi connectivity index (χ0) is 15.7. The Morgan fingerprint density at radius 1 is 1.32 bits per heavy atom. The van der Waals surface area contributed by atoms with Gasteiger partial charge in [-0.3, -0.25) is 4.79 Å². The van der Waals surface area contributed by atoms with Crippen molar-refractivity contribution in [2.75, 3.05) is 0 Å². The van der Waals surface area contributed by atoms with Crippen LogP contribution < -0.4 is 5.56 Å². The smallest absolute Gasteiger partial charge is 0.282 e. The molecule has 112 valence electrons. The Labute approximate surface area is 129 Å². The second kappa shape index (κ2) is 5.61. The number of fused-ring (bicyclic) bond motifs is 1. The number of phenols is 2. The number of benzene rings is 1. The summed E-state index contributed by atoms with van der Waals surface area (Å²) in [6, 6.07) is 6.13. The van der Waals surface area contributed by atoms with E-state index in [1.165, 1.54) is 36.0 Å². The van der Waals surface area contributed by atoms with Crippen molar-refractivity contribution in [3.05, 3.63) is 51.4 Å². The highest BCUT2D eigenvalue weighted by molar-refractivity contribution is 7.18. The number of aromatic nitrogens is 2. The summed E-state index contributed by atoms with van der Waals surface area (Å²) in [4.78, 5) is 18.4. The molecule has 0 atom stereocenters. The van der Waals surface area contributed by atoms with Crippen LogP contribution in [0.5, 0.6) is 11.5 Å². The van der Waals surface area contributed by atoms with Crippen molar-refractivity contribution in [3.8, 4) is 11.5 Å². The van der Waals surface area contributed by atoms with E-state index in [0.717, 1.165) is 16.0 Å². The molecule has 0 fully saturated rings. The molecule has 1 aromatic carbocycles. The molecule has 0 unspecified atom stereocenters. The second-order valence-corrected chi connectivity index (χ2v) is 5.79. The van der Waals surface area contributed by atoms with E-state index >= 15 is 0 Å². The number of hydrogen-bond donors (Lipinski definition) is 2. The molecule has 0 spiro atoms. The van der Waals surface area contributed by atoms with Crippen LogP contribution in [0.2, 0.25) is 0 Å². The van der Waals surface area contributed by atoms with Gasteiger partial charge in [0.05, 0.1) is 11.6 Å². The number of hydrogen-bond acceptors (Lipinski definition) is 6. The molecule has 0 saturated carbocycles. The third kappa shape index (κ3) is 2.58. The molecule has 0 saturated heterocycles. The van der Waals surface area contributed by atoms with E-state index in [0.29, 0.717) is 15.8 Å². The van der Waals surface area contributed by atoms with Gasteiger partial charge in [-0.2, -0.15) is 9.78 Å². The van der Waals surface area contributed by atoms with Gasteiger partial charge in [-0.25, -0.2) is 4.98 Å². The molecule has 0 bridgehead atoms. The van der Waals surface area contributed by atoms with Crippen molar-refractivity contribution in [1.82, 2.24) is 9.66 Å². The Bertz CT molecular complexity index is 927. The molecule has 7 heteroatoms. The van der Waals surface area contributed by atoms with Gasteiger partial charge in [-0.1, -0.05) is 6.92 Å². The molecule has 2 N–H and O–H groups in total. The lowest BCUT2D eigenvalue weighted by Gasteiger charge is -1.99. The van der Waals surface area contributed by atoms with E-state index in [-0.39, 0.29) is 17.1 Å². The van der Waals surface area contributed by atoms with Crippen LogP contribution in [-0.2, 0) is 6.42 Å². The number of aryl methyl sites for hydroxylation is 1. The summed E-state index contributed by atoms with van der Waals surface area (Å²) < 4.78 is 1.15. The molecule has 2 aromatic heterocycles. The fourth-order valence-corrected chi connectivity index (χ4v) is 2.90. The molecule has 22 heavy (non-hydrogen) atoms. The van der Waals surface area contributed by atoms with Crippen LogP contribution in [0.4, 0.5) is 0 Å². The van der Waals surface area contributed by atoms with Gasteiger partial charge in [-0.15, -0.1) is 11.3 Å². The minimum absolute atomic E-state index is 0.206. The lowest BCUT2D eigenvalue weighted by molar-refractivity contribution is 0.403. The normalized spacial score (nSPS) is 11.5. The first-order chi connectivity index (χ1) is 10.6. The number of aromatic hydroxyl groups is 2. The van der Waals surface area contributed by atoms with Crippen LogP contribution in [-0.4, -0.2) is 26.1 Å². The maximum atomic E-state index is 12.3. The number of thiophene rings is 1. The third-order valence-corrected chi connectivity index (χ3v) is 4.35. The molecule has 2 heterocycles. The van der Waals surface area contributed by atoms with Crippen molar-refractivity contribution < 1.29 is 10.2 Å². The first-order valence-corrected chi connectivity index (χ1v) is 7.46. The number of rotatable bonds is 3. The summed E-state index contributed by atoms with van der Waals surface area (Å²) in [5.41, 5.74) is 0.321. The van der Waals surface area contributed by atoms with Crippen LogP contribution >= 0.6 is 11.3 Å². The minimum atomic E-state index is -0.240. The Hall–Kier alpha value is -2.67. The van der Waals surface area contributed by atoms with Gasteiger partial charge in [-0.05, 0) is 36.2 Å². The lowest BCUT2D eigenvalue weighted by atomic mass is 10.2. The first kappa shape index (κ1) is 14.3. The van der Waals surface area contributed by atoms with E-state index in [9.17, 15) is 15.0 Å². The van der Waals surface area contributed by atoms with Crippen molar-refractivity contribution in [3.63, 3.8) is 0 Å². The Morgan fingerprint density at radius 2 is 2.14 bits per heavy atom. The standard InChI is InChI=1S/C15H13N3O3S/c1-2-10-6-11-14(22-10)16-8-18(15(11)21)17-7-9-3-4-12(19)13(20)5-9/h3-8,19-20H,2H2,1H3/b17-7+. The summed E-state index contributed by atoms with van der Waals surface area (Å²) >= 11 is 1.50. The largest absolute Gasteiger partial charge is 0.504 e. The predicted molar refractivity (Wildman–Crippen MR) is 86.0 cm³/mol.